The van der Waals surface area contributed by atoms with Gasteiger partial charge in [0.25, 0.3) is 0 Å². The van der Waals surface area contributed by atoms with Gasteiger partial charge in [-0.3, -0.25) is 14.4 Å². The standard InChI is InChI=1S/C11H9O5/c1-7(13)15-10-4-3-9(6-12)5-11(10)16-8(2)14/h3-5H,1-2H3. The number of ether oxygens (including phenoxy) is 2. The molecule has 0 amide bonds. The van der Waals surface area contributed by atoms with Crippen LogP contribution in [-0.4, -0.2) is 18.2 Å². The molecule has 0 fully saturated rings. The van der Waals surface area contributed by atoms with E-state index >= 15 is 0 Å². The Kier molecular flexibility index (Phi) is 3.77. The van der Waals surface area contributed by atoms with Gasteiger partial charge in [-0.15, -0.1) is 0 Å². The molecule has 0 saturated carbocycles. The fourth-order valence-electron chi connectivity index (χ4n) is 1.05. The van der Waals surface area contributed by atoms with Gasteiger partial charge in [-0.1, -0.05) is 0 Å². The van der Waals surface area contributed by atoms with Crippen molar-refractivity contribution in [2.75, 3.05) is 0 Å². The Labute approximate surface area is 92.0 Å². The highest BCUT2D eigenvalue weighted by Crippen LogP contribution is 2.28. The lowest BCUT2D eigenvalue weighted by atomic mass is 10.2. The molecule has 0 bridgehead atoms. The minimum Gasteiger partial charge on any atom is -0.423 e. The molecular formula is C11H9O5. The Balaban J connectivity index is 3.09. The number of benzene rings is 1. The van der Waals surface area contributed by atoms with Gasteiger partial charge in [0.2, 0.25) is 6.29 Å². The molecule has 0 aliphatic heterocycles. The van der Waals surface area contributed by atoms with Gasteiger partial charge in [0, 0.05) is 19.4 Å². The largest absolute Gasteiger partial charge is 0.423 e. The van der Waals surface area contributed by atoms with Gasteiger partial charge in [0.05, 0.1) is 0 Å². The van der Waals surface area contributed by atoms with E-state index in [1.165, 1.54) is 32.0 Å². The van der Waals surface area contributed by atoms with Gasteiger partial charge in [-0.05, 0) is 18.2 Å². The quantitative estimate of drug-likeness (QED) is 0.562. The van der Waals surface area contributed by atoms with Crippen molar-refractivity contribution in [1.82, 2.24) is 0 Å². The minimum atomic E-state index is -0.573. The molecule has 1 aromatic rings. The van der Waals surface area contributed by atoms with E-state index in [9.17, 15) is 14.4 Å². The lowest BCUT2D eigenvalue weighted by molar-refractivity contribution is -0.134. The van der Waals surface area contributed by atoms with E-state index < -0.39 is 11.9 Å². The summed E-state index contributed by atoms with van der Waals surface area (Å²) >= 11 is 0. The fraction of sp³-hybridized carbons (Fsp3) is 0.182. The molecule has 16 heavy (non-hydrogen) atoms. The maximum absolute atomic E-state index is 10.8. The number of hydrogen-bond donors (Lipinski definition) is 0. The third-order valence-corrected chi connectivity index (χ3v) is 1.57. The van der Waals surface area contributed by atoms with Gasteiger partial charge in [0.1, 0.15) is 0 Å². The zero-order valence-corrected chi connectivity index (χ0v) is 8.77. The third-order valence-electron chi connectivity index (χ3n) is 1.57. The lowest BCUT2D eigenvalue weighted by Gasteiger charge is -2.08. The Bertz CT molecular complexity index is 436. The summed E-state index contributed by atoms with van der Waals surface area (Å²) < 4.78 is 9.59. The summed E-state index contributed by atoms with van der Waals surface area (Å²) in [5.74, 6) is -1.02. The first-order valence-electron chi connectivity index (χ1n) is 4.42. The van der Waals surface area contributed by atoms with Crippen molar-refractivity contribution in [3.8, 4) is 11.5 Å². The van der Waals surface area contributed by atoms with E-state index in [1.807, 2.05) is 0 Å². The van der Waals surface area contributed by atoms with Crippen molar-refractivity contribution in [3.63, 3.8) is 0 Å². The van der Waals surface area contributed by atoms with Gasteiger partial charge >= 0.3 is 11.9 Å². The van der Waals surface area contributed by atoms with E-state index in [1.54, 1.807) is 6.29 Å². The first-order chi connectivity index (χ1) is 7.52. The van der Waals surface area contributed by atoms with Crippen LogP contribution in [0.1, 0.15) is 19.4 Å². The number of carbonyl (C=O) groups is 2. The predicted molar refractivity (Wildman–Crippen MR) is 53.9 cm³/mol. The number of hydrogen-bond acceptors (Lipinski definition) is 5. The number of esters is 2. The third kappa shape index (κ3) is 3.20. The molecule has 5 nitrogen and oxygen atoms in total. The van der Waals surface area contributed by atoms with Crippen LogP contribution in [0.2, 0.25) is 0 Å². The van der Waals surface area contributed by atoms with Crippen LogP contribution in [0.3, 0.4) is 0 Å². The van der Waals surface area contributed by atoms with E-state index in [0.717, 1.165) is 0 Å². The minimum absolute atomic E-state index is 0.0172. The molecule has 1 rings (SSSR count). The molecule has 0 heterocycles. The Morgan fingerprint density at radius 3 is 2.12 bits per heavy atom. The van der Waals surface area contributed by atoms with E-state index in [4.69, 9.17) is 9.47 Å². The summed E-state index contributed by atoms with van der Waals surface area (Å²) in [6.45, 7) is 2.42. The van der Waals surface area contributed by atoms with Crippen molar-refractivity contribution < 1.29 is 23.9 Å². The molecule has 0 aliphatic carbocycles. The molecule has 1 aromatic carbocycles. The molecule has 1 radical (unpaired) electrons. The smallest absolute Gasteiger partial charge is 0.308 e. The van der Waals surface area contributed by atoms with Gasteiger partial charge in [-0.2, -0.15) is 0 Å². The second-order valence-corrected chi connectivity index (χ2v) is 2.95. The second-order valence-electron chi connectivity index (χ2n) is 2.95. The molecule has 0 atom stereocenters. The Morgan fingerprint density at radius 2 is 1.62 bits per heavy atom. The van der Waals surface area contributed by atoms with Crippen LogP contribution >= 0.6 is 0 Å². The normalized spacial score (nSPS) is 9.38. The molecule has 0 unspecified atom stereocenters. The molecule has 0 spiro atoms. The SMILES string of the molecule is CC(=O)Oc1ccc([C]=O)cc1OC(C)=O. The van der Waals surface area contributed by atoms with Crippen molar-refractivity contribution in [1.29, 1.82) is 0 Å². The highest BCUT2D eigenvalue weighted by atomic mass is 16.6. The zero-order valence-electron chi connectivity index (χ0n) is 8.77. The number of carbonyl (C=O) groups excluding carboxylic acids is 3. The maximum atomic E-state index is 10.8. The van der Waals surface area contributed by atoms with Gasteiger partial charge < -0.3 is 9.47 Å². The Morgan fingerprint density at radius 1 is 1.06 bits per heavy atom. The molecule has 5 heteroatoms. The van der Waals surface area contributed by atoms with Crippen LogP contribution in [0.4, 0.5) is 0 Å². The Hall–Kier alpha value is -2.17. The molecule has 83 valence electrons. The highest BCUT2D eigenvalue weighted by Gasteiger charge is 2.10. The summed E-state index contributed by atoms with van der Waals surface area (Å²) in [7, 11) is 0. The summed E-state index contributed by atoms with van der Waals surface area (Å²) in [4.78, 5) is 32.0. The predicted octanol–water partition coefficient (Wildman–Crippen LogP) is 0.995. The number of rotatable bonds is 3. The van der Waals surface area contributed by atoms with Crippen LogP contribution in [0.5, 0.6) is 11.5 Å². The van der Waals surface area contributed by atoms with E-state index in [0.29, 0.717) is 0 Å². The van der Waals surface area contributed by atoms with Gasteiger partial charge in [-0.25, -0.2) is 0 Å². The molecule has 0 N–H and O–H groups in total. The van der Waals surface area contributed by atoms with Crippen LogP contribution in [0.25, 0.3) is 0 Å². The monoisotopic (exact) mass is 221 g/mol. The van der Waals surface area contributed by atoms with Crippen LogP contribution in [0, 0.1) is 0 Å². The van der Waals surface area contributed by atoms with E-state index in [2.05, 4.69) is 0 Å². The average Bonchev–Trinajstić information content (AvgIpc) is 2.19. The summed E-state index contributed by atoms with van der Waals surface area (Å²) in [6, 6.07) is 4.03. The average molecular weight is 221 g/mol. The first-order valence-corrected chi connectivity index (χ1v) is 4.42. The summed E-state index contributed by atoms with van der Waals surface area (Å²) in [5, 5.41) is 0. The summed E-state index contributed by atoms with van der Waals surface area (Å²) in [6.07, 6.45) is 1.64. The molecule has 0 saturated heterocycles. The van der Waals surface area contributed by atoms with E-state index in [-0.39, 0.29) is 17.1 Å². The molecule has 0 aromatic heterocycles. The summed E-state index contributed by atoms with van der Waals surface area (Å²) in [5.41, 5.74) is 0.201. The second kappa shape index (κ2) is 5.06. The fourth-order valence-corrected chi connectivity index (χ4v) is 1.05. The lowest BCUT2D eigenvalue weighted by Crippen LogP contribution is -2.07. The van der Waals surface area contributed by atoms with Crippen molar-refractivity contribution >= 4 is 18.2 Å². The van der Waals surface area contributed by atoms with Crippen molar-refractivity contribution in [3.05, 3.63) is 23.8 Å². The molecule has 0 aliphatic rings. The van der Waals surface area contributed by atoms with Crippen LogP contribution in [-0.2, 0) is 14.4 Å². The first kappa shape index (κ1) is 11.9. The van der Waals surface area contributed by atoms with Crippen LogP contribution < -0.4 is 9.47 Å². The highest BCUT2D eigenvalue weighted by molar-refractivity contribution is 5.79. The van der Waals surface area contributed by atoms with Crippen molar-refractivity contribution in [2.24, 2.45) is 0 Å². The topological polar surface area (TPSA) is 69.7 Å². The van der Waals surface area contributed by atoms with Gasteiger partial charge in [0.15, 0.2) is 11.5 Å². The van der Waals surface area contributed by atoms with Crippen LogP contribution in [0.15, 0.2) is 18.2 Å². The molecular weight excluding hydrogens is 212 g/mol. The zero-order chi connectivity index (χ0) is 12.1. The van der Waals surface area contributed by atoms with Crippen molar-refractivity contribution in [2.45, 2.75) is 13.8 Å². The maximum Gasteiger partial charge on any atom is 0.308 e.